The van der Waals surface area contributed by atoms with Crippen LogP contribution in [0.5, 0.6) is 5.75 Å². The molecule has 0 unspecified atom stereocenters. The molecule has 3 rings (SSSR count). The lowest BCUT2D eigenvalue weighted by Gasteiger charge is -2.33. The predicted octanol–water partition coefficient (Wildman–Crippen LogP) is 4.35. The summed E-state index contributed by atoms with van der Waals surface area (Å²) in [7, 11) is 1.45. The van der Waals surface area contributed by atoms with Crippen molar-refractivity contribution in [2.75, 3.05) is 20.2 Å². The third-order valence-electron chi connectivity index (χ3n) is 4.98. The van der Waals surface area contributed by atoms with E-state index in [2.05, 4.69) is 5.32 Å². The molecule has 2 aromatic rings. The molecule has 2 amide bonds. The number of ether oxygens (including phenoxy) is 1. The Labute approximate surface area is 174 Å². The number of likely N-dealkylation sites (tertiary alicyclic amines) is 1. The Morgan fingerprint density at radius 3 is 2.36 bits per heavy atom. The molecular weight excluding hydrogens is 399 g/mol. The molecule has 0 bridgehead atoms. The number of aryl methyl sites for hydroxylation is 1. The highest BCUT2D eigenvalue weighted by molar-refractivity contribution is 6.37. The lowest BCUT2D eigenvalue weighted by molar-refractivity contribution is 0.0697. The molecule has 2 aromatic carbocycles. The highest BCUT2D eigenvalue weighted by atomic mass is 35.5. The number of halogens is 2. The van der Waals surface area contributed by atoms with Crippen molar-refractivity contribution < 1.29 is 14.3 Å². The largest absolute Gasteiger partial charge is 0.494 e. The van der Waals surface area contributed by atoms with Crippen LogP contribution in [0.1, 0.15) is 39.1 Å². The number of amides is 2. The van der Waals surface area contributed by atoms with Crippen molar-refractivity contribution in [1.82, 2.24) is 10.2 Å². The van der Waals surface area contributed by atoms with E-state index in [1.807, 2.05) is 36.1 Å². The van der Waals surface area contributed by atoms with Crippen LogP contribution in [0, 0.1) is 6.92 Å². The number of hydrogen-bond donors (Lipinski definition) is 1. The van der Waals surface area contributed by atoms with Crippen LogP contribution >= 0.6 is 23.2 Å². The van der Waals surface area contributed by atoms with Gasteiger partial charge in [-0.15, -0.1) is 0 Å². The number of rotatable bonds is 4. The third-order valence-corrected chi connectivity index (χ3v) is 5.60. The number of nitrogens with one attached hydrogen (secondary N) is 1. The van der Waals surface area contributed by atoms with E-state index in [0.717, 1.165) is 11.1 Å². The molecule has 0 aromatic heterocycles. The Hall–Kier alpha value is -2.24. The van der Waals surface area contributed by atoms with Crippen molar-refractivity contribution in [2.24, 2.45) is 0 Å². The first-order chi connectivity index (χ1) is 13.4. The van der Waals surface area contributed by atoms with Gasteiger partial charge in [-0.05, 0) is 43.5 Å². The SMILES string of the molecule is COc1c(Cl)ccc(Cl)c1C(=O)NC1CCN(C(=O)c2ccccc2C)CC1. The summed E-state index contributed by atoms with van der Waals surface area (Å²) in [4.78, 5) is 27.3. The molecule has 1 saturated heterocycles. The van der Waals surface area contributed by atoms with Gasteiger partial charge in [0.2, 0.25) is 0 Å². The molecule has 1 fully saturated rings. The predicted molar refractivity (Wildman–Crippen MR) is 111 cm³/mol. The van der Waals surface area contributed by atoms with E-state index < -0.39 is 0 Å². The standard InChI is InChI=1S/C21H22Cl2N2O3/c1-13-5-3-4-6-15(13)21(27)25-11-9-14(10-12-25)24-20(26)18-16(22)7-8-17(23)19(18)28-2/h3-8,14H,9-12H2,1-2H3,(H,24,26). The fourth-order valence-electron chi connectivity index (χ4n) is 3.41. The zero-order valence-corrected chi connectivity index (χ0v) is 17.3. The Balaban J connectivity index is 1.64. The number of nitrogens with zero attached hydrogens (tertiary/aromatic N) is 1. The van der Waals surface area contributed by atoms with Crippen LogP contribution in [0.2, 0.25) is 10.0 Å². The van der Waals surface area contributed by atoms with E-state index in [4.69, 9.17) is 27.9 Å². The van der Waals surface area contributed by atoms with Crippen LogP contribution in [0.4, 0.5) is 0 Å². The highest BCUT2D eigenvalue weighted by Crippen LogP contribution is 2.34. The molecule has 0 spiro atoms. The summed E-state index contributed by atoms with van der Waals surface area (Å²) in [5.41, 5.74) is 1.92. The molecular formula is C21H22Cl2N2O3. The first-order valence-corrected chi connectivity index (χ1v) is 9.85. The van der Waals surface area contributed by atoms with E-state index in [-0.39, 0.29) is 34.2 Å². The molecule has 148 valence electrons. The zero-order chi connectivity index (χ0) is 20.3. The maximum absolute atomic E-state index is 12.7. The third kappa shape index (κ3) is 4.26. The van der Waals surface area contributed by atoms with Gasteiger partial charge in [0.1, 0.15) is 5.56 Å². The van der Waals surface area contributed by atoms with Gasteiger partial charge in [-0.3, -0.25) is 9.59 Å². The molecule has 0 atom stereocenters. The molecule has 1 aliphatic rings. The lowest BCUT2D eigenvalue weighted by atomic mass is 10.0. The quantitative estimate of drug-likeness (QED) is 0.799. The number of carbonyl (C=O) groups is 2. The second-order valence-electron chi connectivity index (χ2n) is 6.79. The van der Waals surface area contributed by atoms with Crippen LogP contribution < -0.4 is 10.1 Å². The zero-order valence-electron chi connectivity index (χ0n) is 15.8. The van der Waals surface area contributed by atoms with Crippen LogP contribution in [0.15, 0.2) is 36.4 Å². The fourth-order valence-corrected chi connectivity index (χ4v) is 3.88. The molecule has 0 aliphatic carbocycles. The first kappa shape index (κ1) is 20.5. The van der Waals surface area contributed by atoms with Crippen LogP contribution in [-0.2, 0) is 0 Å². The van der Waals surface area contributed by atoms with E-state index in [0.29, 0.717) is 31.0 Å². The van der Waals surface area contributed by atoms with Crippen LogP contribution in [0.3, 0.4) is 0 Å². The van der Waals surface area contributed by atoms with Gasteiger partial charge in [0.05, 0.1) is 17.2 Å². The maximum Gasteiger partial charge on any atom is 0.256 e. The van der Waals surface area contributed by atoms with E-state index in [1.54, 1.807) is 12.1 Å². The van der Waals surface area contributed by atoms with Gasteiger partial charge in [-0.2, -0.15) is 0 Å². The minimum Gasteiger partial charge on any atom is -0.494 e. The summed E-state index contributed by atoms with van der Waals surface area (Å²) in [5.74, 6) is -0.0331. The highest BCUT2D eigenvalue weighted by Gasteiger charge is 2.27. The molecule has 1 N–H and O–H groups in total. The second-order valence-corrected chi connectivity index (χ2v) is 7.61. The summed E-state index contributed by atoms with van der Waals surface area (Å²) in [6.45, 7) is 3.10. The Bertz CT molecular complexity index is 893. The van der Waals surface area contributed by atoms with Crippen molar-refractivity contribution in [3.8, 4) is 5.75 Å². The van der Waals surface area contributed by atoms with Gasteiger partial charge >= 0.3 is 0 Å². The minimum atomic E-state index is -0.326. The average Bonchev–Trinajstić information content (AvgIpc) is 2.69. The summed E-state index contributed by atoms with van der Waals surface area (Å²) in [6.07, 6.45) is 1.34. The van der Waals surface area contributed by atoms with Gasteiger partial charge in [0, 0.05) is 24.7 Å². The average molecular weight is 421 g/mol. The molecule has 28 heavy (non-hydrogen) atoms. The van der Waals surface area contributed by atoms with E-state index in [1.165, 1.54) is 7.11 Å². The molecule has 7 heteroatoms. The second kappa shape index (κ2) is 8.84. The number of benzene rings is 2. The van der Waals surface area contributed by atoms with Crippen molar-refractivity contribution in [1.29, 1.82) is 0 Å². The summed E-state index contributed by atoms with van der Waals surface area (Å²) in [6, 6.07) is 10.7. The number of piperidine rings is 1. The van der Waals surface area contributed by atoms with Crippen molar-refractivity contribution in [3.63, 3.8) is 0 Å². The monoisotopic (exact) mass is 420 g/mol. The Kier molecular flexibility index (Phi) is 6.47. The van der Waals surface area contributed by atoms with Gasteiger partial charge < -0.3 is 15.0 Å². The summed E-state index contributed by atoms with van der Waals surface area (Å²) < 4.78 is 5.25. The Morgan fingerprint density at radius 1 is 1.07 bits per heavy atom. The van der Waals surface area contributed by atoms with Crippen LogP contribution in [-0.4, -0.2) is 43.0 Å². The van der Waals surface area contributed by atoms with E-state index >= 15 is 0 Å². The summed E-state index contributed by atoms with van der Waals surface area (Å²) in [5, 5.41) is 3.60. The molecule has 5 nitrogen and oxygen atoms in total. The normalized spacial score (nSPS) is 14.6. The molecule has 1 heterocycles. The summed E-state index contributed by atoms with van der Waals surface area (Å²) >= 11 is 12.3. The number of methoxy groups -OCH3 is 1. The lowest BCUT2D eigenvalue weighted by Crippen LogP contribution is -2.46. The van der Waals surface area contributed by atoms with Gasteiger partial charge in [0.25, 0.3) is 11.8 Å². The molecule has 0 radical (unpaired) electrons. The maximum atomic E-state index is 12.7. The van der Waals surface area contributed by atoms with Crippen LogP contribution in [0.25, 0.3) is 0 Å². The topological polar surface area (TPSA) is 58.6 Å². The van der Waals surface area contributed by atoms with E-state index in [9.17, 15) is 9.59 Å². The minimum absolute atomic E-state index is 0.0300. The molecule has 1 aliphatic heterocycles. The first-order valence-electron chi connectivity index (χ1n) is 9.10. The number of carbonyl (C=O) groups excluding carboxylic acids is 2. The van der Waals surface area contributed by atoms with Gasteiger partial charge in [0.15, 0.2) is 5.75 Å². The van der Waals surface area contributed by atoms with Crippen molar-refractivity contribution in [2.45, 2.75) is 25.8 Å². The van der Waals surface area contributed by atoms with Crippen molar-refractivity contribution in [3.05, 3.63) is 63.1 Å². The van der Waals surface area contributed by atoms with Gasteiger partial charge in [-0.1, -0.05) is 41.4 Å². The number of hydrogen-bond acceptors (Lipinski definition) is 3. The Morgan fingerprint density at radius 2 is 1.71 bits per heavy atom. The fraction of sp³-hybridized carbons (Fsp3) is 0.333. The smallest absolute Gasteiger partial charge is 0.256 e. The van der Waals surface area contributed by atoms with Gasteiger partial charge in [-0.25, -0.2) is 0 Å². The van der Waals surface area contributed by atoms with Crippen molar-refractivity contribution >= 4 is 35.0 Å². The molecule has 0 saturated carbocycles.